The van der Waals surface area contributed by atoms with Crippen LogP contribution >= 0.6 is 11.3 Å². The molecule has 2 N–H and O–H groups in total. The number of hydrogen-bond donors (Lipinski definition) is 2. The Morgan fingerprint density at radius 1 is 1.56 bits per heavy atom. The summed E-state index contributed by atoms with van der Waals surface area (Å²) >= 11 is 1.43. The van der Waals surface area contributed by atoms with Crippen LogP contribution in [0, 0.1) is 5.92 Å². The van der Waals surface area contributed by atoms with Gasteiger partial charge in [-0.05, 0) is 25.2 Å². The number of thiazole rings is 1. The number of hydrogen-bond acceptors (Lipinski definition) is 4. The third kappa shape index (κ3) is 4.74. The van der Waals surface area contributed by atoms with E-state index in [9.17, 15) is 9.90 Å². The molecule has 1 unspecified atom stereocenters. The maximum atomic E-state index is 12.0. The SMILES string of the molecule is CCCc1ncc(C(=O)NC(CO)CC(C)C)s1. The van der Waals surface area contributed by atoms with Crippen molar-refractivity contribution in [1.29, 1.82) is 0 Å². The number of aromatic nitrogens is 1. The van der Waals surface area contributed by atoms with Gasteiger partial charge in [-0.3, -0.25) is 4.79 Å². The highest BCUT2D eigenvalue weighted by molar-refractivity contribution is 7.13. The molecule has 0 radical (unpaired) electrons. The molecule has 1 rings (SSSR count). The molecule has 0 saturated heterocycles. The number of nitrogens with zero attached hydrogens (tertiary/aromatic N) is 1. The fourth-order valence-electron chi connectivity index (χ4n) is 1.75. The predicted molar refractivity (Wildman–Crippen MR) is 73.9 cm³/mol. The zero-order chi connectivity index (χ0) is 13.5. The maximum Gasteiger partial charge on any atom is 0.263 e. The fraction of sp³-hybridized carbons (Fsp3) is 0.692. The van der Waals surface area contributed by atoms with E-state index in [1.807, 2.05) is 0 Å². The van der Waals surface area contributed by atoms with Crippen LogP contribution in [0.3, 0.4) is 0 Å². The molecule has 18 heavy (non-hydrogen) atoms. The molecule has 0 aromatic carbocycles. The van der Waals surface area contributed by atoms with Crippen molar-refractivity contribution >= 4 is 17.2 Å². The molecule has 0 spiro atoms. The third-order valence-corrected chi connectivity index (χ3v) is 3.61. The molecule has 0 fully saturated rings. The van der Waals surface area contributed by atoms with Crippen LogP contribution in [0.5, 0.6) is 0 Å². The van der Waals surface area contributed by atoms with E-state index in [0.29, 0.717) is 10.8 Å². The predicted octanol–water partition coefficient (Wildman–Crippen LogP) is 2.23. The number of carbonyl (C=O) groups is 1. The molecule has 0 aliphatic heterocycles. The molecule has 0 bridgehead atoms. The summed E-state index contributed by atoms with van der Waals surface area (Å²) in [6.07, 6.45) is 4.34. The minimum Gasteiger partial charge on any atom is -0.394 e. The summed E-state index contributed by atoms with van der Waals surface area (Å²) in [5, 5.41) is 13.1. The summed E-state index contributed by atoms with van der Waals surface area (Å²) in [4.78, 5) is 16.8. The molecule has 102 valence electrons. The first kappa shape index (κ1) is 15.1. The second kappa shape index (κ2) is 7.48. The molecule has 1 atom stereocenters. The third-order valence-electron chi connectivity index (χ3n) is 2.55. The van der Waals surface area contributed by atoms with E-state index < -0.39 is 0 Å². The Labute approximate surface area is 112 Å². The van der Waals surface area contributed by atoms with E-state index in [0.717, 1.165) is 24.3 Å². The lowest BCUT2D eigenvalue weighted by Gasteiger charge is -2.17. The molecule has 1 aromatic heterocycles. The van der Waals surface area contributed by atoms with Crippen molar-refractivity contribution in [3.63, 3.8) is 0 Å². The summed E-state index contributed by atoms with van der Waals surface area (Å²) in [5.41, 5.74) is 0. The minimum absolute atomic E-state index is 0.0233. The van der Waals surface area contributed by atoms with Gasteiger partial charge in [0.25, 0.3) is 5.91 Å². The Bertz CT molecular complexity index is 377. The standard InChI is InChI=1S/C13H22N2O2S/c1-4-5-12-14-7-11(18-12)13(17)15-10(8-16)6-9(2)3/h7,9-10,16H,4-6,8H2,1-3H3,(H,15,17). The second-order valence-corrected chi connectivity index (χ2v) is 5.97. The summed E-state index contributed by atoms with van der Waals surface area (Å²) in [6.45, 7) is 6.21. The lowest BCUT2D eigenvalue weighted by atomic mass is 10.0. The van der Waals surface area contributed by atoms with Gasteiger partial charge in [0.15, 0.2) is 0 Å². The highest BCUT2D eigenvalue weighted by atomic mass is 32.1. The summed E-state index contributed by atoms with van der Waals surface area (Å²) < 4.78 is 0. The van der Waals surface area contributed by atoms with Crippen LogP contribution in [0.1, 0.15) is 48.3 Å². The van der Waals surface area contributed by atoms with E-state index in [1.165, 1.54) is 11.3 Å². The number of amides is 1. The van der Waals surface area contributed by atoms with Gasteiger partial charge in [0.05, 0.1) is 23.9 Å². The Kier molecular flexibility index (Phi) is 6.29. The van der Waals surface area contributed by atoms with Crippen molar-refractivity contribution in [3.05, 3.63) is 16.1 Å². The summed E-state index contributed by atoms with van der Waals surface area (Å²) in [6, 6.07) is -0.172. The van der Waals surface area contributed by atoms with Crippen molar-refractivity contribution in [2.45, 2.75) is 46.1 Å². The largest absolute Gasteiger partial charge is 0.394 e. The second-order valence-electron chi connectivity index (χ2n) is 4.85. The molecular formula is C13H22N2O2S. The van der Waals surface area contributed by atoms with Gasteiger partial charge in [-0.25, -0.2) is 4.98 Å². The monoisotopic (exact) mass is 270 g/mol. The molecule has 5 heteroatoms. The normalized spacial score (nSPS) is 12.7. The molecular weight excluding hydrogens is 248 g/mol. The van der Waals surface area contributed by atoms with Crippen LogP contribution in [0.4, 0.5) is 0 Å². The van der Waals surface area contributed by atoms with Crippen molar-refractivity contribution in [1.82, 2.24) is 10.3 Å². The van der Waals surface area contributed by atoms with Crippen LogP contribution in [0.25, 0.3) is 0 Å². The van der Waals surface area contributed by atoms with E-state index in [-0.39, 0.29) is 18.6 Å². The lowest BCUT2D eigenvalue weighted by molar-refractivity contribution is 0.0912. The first-order valence-corrected chi connectivity index (χ1v) is 7.24. The molecule has 1 amide bonds. The average Bonchev–Trinajstić information content (AvgIpc) is 2.76. The van der Waals surface area contributed by atoms with Crippen LogP contribution in [-0.2, 0) is 6.42 Å². The smallest absolute Gasteiger partial charge is 0.263 e. The van der Waals surface area contributed by atoms with Crippen molar-refractivity contribution in [2.24, 2.45) is 5.92 Å². The van der Waals surface area contributed by atoms with Gasteiger partial charge in [-0.1, -0.05) is 20.8 Å². The zero-order valence-corrected chi connectivity index (χ0v) is 12.1. The van der Waals surface area contributed by atoms with E-state index in [2.05, 4.69) is 31.1 Å². The van der Waals surface area contributed by atoms with E-state index >= 15 is 0 Å². The van der Waals surface area contributed by atoms with E-state index in [4.69, 9.17) is 0 Å². The van der Waals surface area contributed by atoms with Gasteiger partial charge in [-0.2, -0.15) is 0 Å². The van der Waals surface area contributed by atoms with Crippen LogP contribution in [0.15, 0.2) is 6.20 Å². The summed E-state index contributed by atoms with van der Waals surface area (Å²) in [5.74, 6) is 0.314. The maximum absolute atomic E-state index is 12.0. The number of carbonyl (C=O) groups excluding carboxylic acids is 1. The quantitative estimate of drug-likeness (QED) is 0.798. The van der Waals surface area contributed by atoms with Gasteiger partial charge in [0, 0.05) is 0 Å². The first-order chi connectivity index (χ1) is 8.56. The zero-order valence-electron chi connectivity index (χ0n) is 11.3. The Morgan fingerprint density at radius 2 is 2.28 bits per heavy atom. The van der Waals surface area contributed by atoms with Gasteiger partial charge >= 0.3 is 0 Å². The highest BCUT2D eigenvalue weighted by Crippen LogP contribution is 2.15. The van der Waals surface area contributed by atoms with Crippen LogP contribution in [-0.4, -0.2) is 28.6 Å². The van der Waals surface area contributed by atoms with Crippen molar-refractivity contribution < 1.29 is 9.90 Å². The molecule has 0 saturated carbocycles. The molecule has 1 heterocycles. The van der Waals surface area contributed by atoms with Crippen molar-refractivity contribution in [3.8, 4) is 0 Å². The molecule has 0 aliphatic carbocycles. The van der Waals surface area contributed by atoms with E-state index in [1.54, 1.807) is 6.20 Å². The molecule has 4 nitrogen and oxygen atoms in total. The fourth-order valence-corrected chi connectivity index (χ4v) is 2.67. The Balaban J connectivity index is 2.57. The Hall–Kier alpha value is -0.940. The van der Waals surface area contributed by atoms with Crippen LogP contribution < -0.4 is 5.32 Å². The number of aryl methyl sites for hydroxylation is 1. The minimum atomic E-state index is -0.172. The average molecular weight is 270 g/mol. The number of aliphatic hydroxyl groups excluding tert-OH is 1. The highest BCUT2D eigenvalue weighted by Gasteiger charge is 2.16. The molecule has 0 aliphatic rings. The van der Waals surface area contributed by atoms with Crippen LogP contribution in [0.2, 0.25) is 0 Å². The van der Waals surface area contributed by atoms with Gasteiger partial charge in [0.1, 0.15) is 4.88 Å². The Morgan fingerprint density at radius 3 is 2.83 bits per heavy atom. The van der Waals surface area contributed by atoms with Crippen molar-refractivity contribution in [2.75, 3.05) is 6.61 Å². The van der Waals surface area contributed by atoms with Gasteiger partial charge in [0.2, 0.25) is 0 Å². The van der Waals surface area contributed by atoms with Gasteiger partial charge in [-0.15, -0.1) is 11.3 Å². The number of rotatable bonds is 7. The van der Waals surface area contributed by atoms with Gasteiger partial charge < -0.3 is 10.4 Å². The first-order valence-electron chi connectivity index (χ1n) is 6.43. The number of nitrogens with one attached hydrogen (secondary N) is 1. The topological polar surface area (TPSA) is 62.2 Å². The molecule has 1 aromatic rings. The number of aliphatic hydroxyl groups is 1. The summed E-state index contributed by atoms with van der Waals surface area (Å²) in [7, 11) is 0. The lowest BCUT2D eigenvalue weighted by Crippen LogP contribution is -2.38.